The summed E-state index contributed by atoms with van der Waals surface area (Å²) in [6, 6.07) is 0. The van der Waals surface area contributed by atoms with Crippen LogP contribution in [0.1, 0.15) is 41.7 Å². The lowest BCUT2D eigenvalue weighted by atomic mass is 9.81. The van der Waals surface area contributed by atoms with E-state index in [1.165, 1.54) is 7.11 Å². The Morgan fingerprint density at radius 2 is 1.55 bits per heavy atom. The lowest BCUT2D eigenvalue weighted by Crippen LogP contribution is -2.41. The average Bonchev–Trinajstić information content (AvgIpc) is 2.32. The van der Waals surface area contributed by atoms with E-state index in [0.717, 1.165) is 6.92 Å². The molecule has 0 bridgehead atoms. The van der Waals surface area contributed by atoms with Gasteiger partial charge in [0.05, 0.1) is 7.11 Å². The number of hydrogen-bond donors (Lipinski definition) is 1. The molecule has 0 amide bonds. The lowest BCUT2D eigenvalue weighted by Gasteiger charge is -2.32. The first-order valence-electron chi connectivity index (χ1n) is 6.46. The maximum absolute atomic E-state index is 13.2. The van der Waals surface area contributed by atoms with Gasteiger partial charge in [-0.1, -0.05) is 6.92 Å². The highest BCUT2D eigenvalue weighted by Gasteiger charge is 2.53. The van der Waals surface area contributed by atoms with E-state index >= 15 is 0 Å². The summed E-state index contributed by atoms with van der Waals surface area (Å²) < 4.78 is 44.8. The topological polar surface area (TPSA) is 29.5 Å². The molecule has 5 heteroatoms. The van der Waals surface area contributed by atoms with Gasteiger partial charge in [0, 0.05) is 0 Å². The minimum Gasteiger partial charge on any atom is -0.496 e. The highest BCUT2D eigenvalue weighted by Crippen LogP contribution is 2.45. The number of aliphatic hydroxyl groups is 1. The van der Waals surface area contributed by atoms with Gasteiger partial charge in [-0.2, -0.15) is 13.2 Å². The largest absolute Gasteiger partial charge is 0.496 e. The molecule has 0 radical (unpaired) electrons. The molecule has 0 aliphatic carbocycles. The summed E-state index contributed by atoms with van der Waals surface area (Å²) in [6.07, 6.45) is -4.33. The van der Waals surface area contributed by atoms with Gasteiger partial charge in [0.15, 0.2) is 5.60 Å². The van der Waals surface area contributed by atoms with Crippen LogP contribution in [0.25, 0.3) is 0 Å². The number of hydrogen-bond acceptors (Lipinski definition) is 2. The van der Waals surface area contributed by atoms with Gasteiger partial charge in [0.25, 0.3) is 0 Å². The molecule has 0 saturated heterocycles. The zero-order valence-electron chi connectivity index (χ0n) is 12.7. The van der Waals surface area contributed by atoms with Crippen molar-refractivity contribution < 1.29 is 23.0 Å². The summed E-state index contributed by atoms with van der Waals surface area (Å²) in [6.45, 7) is 7.59. The summed E-state index contributed by atoms with van der Waals surface area (Å²) in [5, 5.41) is 10.1. The molecular weight excluding hydrogens is 269 g/mol. The van der Waals surface area contributed by atoms with Gasteiger partial charge in [-0.05, 0) is 61.9 Å². The molecule has 0 fully saturated rings. The number of benzene rings is 1. The van der Waals surface area contributed by atoms with Gasteiger partial charge in [-0.25, -0.2) is 0 Å². The maximum Gasteiger partial charge on any atom is 0.421 e. The number of methoxy groups -OCH3 is 1. The van der Waals surface area contributed by atoms with Gasteiger partial charge in [0.2, 0.25) is 0 Å². The second kappa shape index (κ2) is 5.28. The van der Waals surface area contributed by atoms with Crippen LogP contribution in [0, 0.1) is 20.8 Å². The first-order valence-corrected chi connectivity index (χ1v) is 6.46. The molecular formula is C15H21F3O2. The molecule has 0 aromatic heterocycles. The molecule has 1 unspecified atom stereocenters. The van der Waals surface area contributed by atoms with Gasteiger partial charge < -0.3 is 9.84 Å². The SMILES string of the molecule is CCc1c(C)c(OC)c(C)c(C)c1C(C)(O)C(F)(F)F. The van der Waals surface area contributed by atoms with Crippen molar-refractivity contribution in [2.45, 2.75) is 52.8 Å². The van der Waals surface area contributed by atoms with E-state index in [4.69, 9.17) is 4.74 Å². The quantitative estimate of drug-likeness (QED) is 0.913. The van der Waals surface area contributed by atoms with Crippen molar-refractivity contribution in [1.82, 2.24) is 0 Å². The van der Waals surface area contributed by atoms with Gasteiger partial charge in [-0.3, -0.25) is 0 Å². The zero-order valence-corrected chi connectivity index (χ0v) is 12.7. The van der Waals surface area contributed by atoms with E-state index < -0.39 is 11.8 Å². The Labute approximate surface area is 117 Å². The molecule has 0 aliphatic rings. The lowest BCUT2D eigenvalue weighted by molar-refractivity contribution is -0.259. The highest BCUT2D eigenvalue weighted by atomic mass is 19.4. The third-order valence-corrected chi connectivity index (χ3v) is 3.97. The van der Waals surface area contributed by atoms with E-state index in [1.54, 1.807) is 27.7 Å². The molecule has 0 saturated carbocycles. The Hall–Kier alpha value is -1.23. The molecule has 0 heterocycles. The van der Waals surface area contributed by atoms with Crippen LogP contribution in [0.2, 0.25) is 0 Å². The number of ether oxygens (including phenoxy) is 1. The van der Waals surface area contributed by atoms with Crippen LogP contribution in [0.4, 0.5) is 13.2 Å². The molecule has 1 aromatic rings. The zero-order chi connectivity index (χ0) is 15.9. The van der Waals surface area contributed by atoms with Crippen LogP contribution in [0.5, 0.6) is 5.75 Å². The van der Waals surface area contributed by atoms with Crippen molar-refractivity contribution in [1.29, 1.82) is 0 Å². The van der Waals surface area contributed by atoms with Gasteiger partial charge >= 0.3 is 6.18 Å². The Bertz CT molecular complexity index is 517. The van der Waals surface area contributed by atoms with Crippen LogP contribution < -0.4 is 4.74 Å². The molecule has 0 aliphatic heterocycles. The normalized spacial score (nSPS) is 15.1. The minimum absolute atomic E-state index is 0.0525. The van der Waals surface area contributed by atoms with Crippen LogP contribution in [-0.2, 0) is 12.0 Å². The van der Waals surface area contributed by atoms with Gasteiger partial charge in [-0.15, -0.1) is 0 Å². The van der Waals surface area contributed by atoms with E-state index in [2.05, 4.69) is 0 Å². The number of rotatable bonds is 3. The van der Waals surface area contributed by atoms with E-state index in [-0.39, 0.29) is 5.56 Å². The molecule has 2 nitrogen and oxygen atoms in total. The molecule has 1 N–H and O–H groups in total. The molecule has 1 atom stereocenters. The molecule has 1 aromatic carbocycles. The van der Waals surface area contributed by atoms with E-state index in [1.807, 2.05) is 0 Å². The smallest absolute Gasteiger partial charge is 0.421 e. The fourth-order valence-electron chi connectivity index (χ4n) is 2.74. The maximum atomic E-state index is 13.2. The van der Waals surface area contributed by atoms with E-state index in [0.29, 0.717) is 34.4 Å². The number of halogens is 3. The van der Waals surface area contributed by atoms with Crippen molar-refractivity contribution >= 4 is 0 Å². The van der Waals surface area contributed by atoms with Crippen molar-refractivity contribution in [3.63, 3.8) is 0 Å². The van der Waals surface area contributed by atoms with Crippen LogP contribution >= 0.6 is 0 Å². The van der Waals surface area contributed by atoms with Crippen molar-refractivity contribution in [3.05, 3.63) is 27.8 Å². The second-order valence-electron chi connectivity index (χ2n) is 5.19. The van der Waals surface area contributed by atoms with Crippen LogP contribution in [0.15, 0.2) is 0 Å². The third kappa shape index (κ3) is 2.39. The Balaban J connectivity index is 3.81. The van der Waals surface area contributed by atoms with Crippen molar-refractivity contribution in [2.24, 2.45) is 0 Å². The number of alkyl halides is 3. The summed E-state index contributed by atoms with van der Waals surface area (Å²) >= 11 is 0. The fourth-order valence-corrected chi connectivity index (χ4v) is 2.74. The standard InChI is InChI=1S/C15H21F3O2/c1-7-11-10(4)13(20-6)9(3)8(2)12(11)14(5,19)15(16,17)18/h19H,7H2,1-6H3. The van der Waals surface area contributed by atoms with Crippen molar-refractivity contribution in [3.8, 4) is 5.75 Å². The molecule has 1 rings (SSSR count). The summed E-state index contributed by atoms with van der Waals surface area (Å²) in [5.41, 5.74) is -0.730. The van der Waals surface area contributed by atoms with Gasteiger partial charge in [0.1, 0.15) is 5.75 Å². The Kier molecular flexibility index (Phi) is 4.44. The Morgan fingerprint density at radius 1 is 1.05 bits per heavy atom. The predicted molar refractivity (Wildman–Crippen MR) is 72.2 cm³/mol. The average molecular weight is 290 g/mol. The molecule has 20 heavy (non-hydrogen) atoms. The minimum atomic E-state index is -4.73. The fraction of sp³-hybridized carbons (Fsp3) is 0.600. The first-order chi connectivity index (χ1) is 9.00. The van der Waals surface area contributed by atoms with Crippen LogP contribution in [0.3, 0.4) is 0 Å². The molecule has 114 valence electrons. The second-order valence-corrected chi connectivity index (χ2v) is 5.19. The highest BCUT2D eigenvalue weighted by molar-refractivity contribution is 5.56. The van der Waals surface area contributed by atoms with Crippen LogP contribution in [-0.4, -0.2) is 18.4 Å². The third-order valence-electron chi connectivity index (χ3n) is 3.97. The summed E-state index contributed by atoms with van der Waals surface area (Å²) in [7, 11) is 1.50. The monoisotopic (exact) mass is 290 g/mol. The van der Waals surface area contributed by atoms with E-state index in [9.17, 15) is 18.3 Å². The Morgan fingerprint density at radius 3 is 1.90 bits per heavy atom. The summed E-state index contributed by atoms with van der Waals surface area (Å²) in [5.74, 6) is 0.584. The predicted octanol–water partition coefficient (Wildman–Crippen LogP) is 3.95. The summed E-state index contributed by atoms with van der Waals surface area (Å²) in [4.78, 5) is 0. The van der Waals surface area contributed by atoms with Crippen molar-refractivity contribution in [2.75, 3.05) is 7.11 Å². The molecule has 0 spiro atoms. The first kappa shape index (κ1) is 16.8.